The number of benzene rings is 2. The van der Waals surface area contributed by atoms with Gasteiger partial charge in [-0.15, -0.1) is 13.2 Å². The van der Waals surface area contributed by atoms with Gasteiger partial charge in [0.05, 0.1) is 5.69 Å². The number of rotatable bonds is 6. The van der Waals surface area contributed by atoms with Crippen molar-refractivity contribution in [1.82, 2.24) is 10.2 Å². The van der Waals surface area contributed by atoms with Gasteiger partial charge in [0.1, 0.15) is 11.6 Å². The van der Waals surface area contributed by atoms with Crippen LogP contribution in [0, 0.1) is 5.82 Å². The van der Waals surface area contributed by atoms with Crippen molar-refractivity contribution in [2.45, 2.75) is 6.36 Å². The topological polar surface area (TPSA) is 73.9 Å². The molecule has 1 saturated heterocycles. The highest BCUT2D eigenvalue weighted by molar-refractivity contribution is 6.39. The van der Waals surface area contributed by atoms with Gasteiger partial charge in [-0.05, 0) is 36.4 Å². The number of hydrogen-bond donors (Lipinski definition) is 2. The minimum Gasteiger partial charge on any atom is -0.406 e. The number of hydrogen-bond acceptors (Lipinski definition) is 5. The summed E-state index contributed by atoms with van der Waals surface area (Å²) in [7, 11) is 0. The molecule has 1 aliphatic heterocycles. The molecule has 0 aromatic heterocycles. The fourth-order valence-corrected chi connectivity index (χ4v) is 3.26. The molecule has 2 N–H and O–H groups in total. The molecule has 172 valence electrons. The third-order valence-electron chi connectivity index (χ3n) is 4.83. The predicted octanol–water partition coefficient (Wildman–Crippen LogP) is 2.60. The summed E-state index contributed by atoms with van der Waals surface area (Å²) in [6.45, 7) is 3.41. The normalized spacial score (nSPS) is 14.7. The van der Waals surface area contributed by atoms with E-state index in [0.717, 1.165) is 12.1 Å². The fourth-order valence-electron chi connectivity index (χ4n) is 3.26. The van der Waals surface area contributed by atoms with Crippen LogP contribution in [0.5, 0.6) is 5.75 Å². The number of carbonyl (C=O) groups excluding carboxylic acids is 2. The molecule has 0 aliphatic carbocycles. The molecule has 32 heavy (non-hydrogen) atoms. The minimum absolute atomic E-state index is 0.156. The molecule has 0 unspecified atom stereocenters. The molecule has 0 bridgehead atoms. The van der Waals surface area contributed by atoms with Crippen molar-refractivity contribution in [1.29, 1.82) is 0 Å². The zero-order valence-corrected chi connectivity index (χ0v) is 17.0. The lowest BCUT2D eigenvalue weighted by atomic mass is 10.2. The Morgan fingerprint density at radius 3 is 2.22 bits per heavy atom. The van der Waals surface area contributed by atoms with Gasteiger partial charge in [-0.2, -0.15) is 0 Å². The Balaban J connectivity index is 1.37. The van der Waals surface area contributed by atoms with Crippen LogP contribution in [0.25, 0.3) is 0 Å². The molecule has 2 aromatic carbocycles. The molecule has 1 aliphatic rings. The summed E-state index contributed by atoms with van der Waals surface area (Å²) in [5, 5.41) is 4.81. The smallest absolute Gasteiger partial charge is 0.406 e. The van der Waals surface area contributed by atoms with Gasteiger partial charge in [0.15, 0.2) is 0 Å². The SMILES string of the molecule is O=C(NCCN1CCN(c2ccccc2F)CC1)C(=O)Nc1ccc(OC(F)(F)F)cc1. The summed E-state index contributed by atoms with van der Waals surface area (Å²) in [5.74, 6) is -2.48. The minimum atomic E-state index is -4.81. The van der Waals surface area contributed by atoms with E-state index in [0.29, 0.717) is 38.4 Å². The summed E-state index contributed by atoms with van der Waals surface area (Å²) in [4.78, 5) is 28.0. The van der Waals surface area contributed by atoms with E-state index in [1.807, 2.05) is 4.90 Å². The van der Waals surface area contributed by atoms with Crippen molar-refractivity contribution in [3.63, 3.8) is 0 Å². The average Bonchev–Trinajstić information content (AvgIpc) is 2.75. The number of amides is 2. The Labute approximate surface area is 181 Å². The summed E-state index contributed by atoms with van der Waals surface area (Å²) in [5.41, 5.74) is 0.721. The van der Waals surface area contributed by atoms with Crippen LogP contribution in [0.15, 0.2) is 48.5 Å². The van der Waals surface area contributed by atoms with Crippen molar-refractivity contribution >= 4 is 23.2 Å². The second kappa shape index (κ2) is 10.3. The largest absolute Gasteiger partial charge is 0.573 e. The Bertz CT molecular complexity index is 929. The lowest BCUT2D eigenvalue weighted by molar-refractivity contribution is -0.274. The van der Waals surface area contributed by atoms with Crippen LogP contribution in [0.4, 0.5) is 28.9 Å². The van der Waals surface area contributed by atoms with Crippen LogP contribution in [0.3, 0.4) is 0 Å². The first-order chi connectivity index (χ1) is 15.2. The summed E-state index contributed by atoms with van der Waals surface area (Å²) in [6.07, 6.45) is -4.81. The Kier molecular flexibility index (Phi) is 7.52. The van der Waals surface area contributed by atoms with Crippen LogP contribution in [0.2, 0.25) is 0 Å². The van der Waals surface area contributed by atoms with E-state index in [9.17, 15) is 27.2 Å². The Hall–Kier alpha value is -3.34. The molecule has 0 atom stereocenters. The molecule has 0 radical (unpaired) electrons. The number of para-hydroxylation sites is 1. The average molecular weight is 454 g/mol. The first kappa shape index (κ1) is 23.3. The van der Waals surface area contributed by atoms with Crippen molar-refractivity contribution in [2.24, 2.45) is 0 Å². The second-order valence-electron chi connectivity index (χ2n) is 7.06. The molecular formula is C21H22F4N4O3. The molecule has 2 aromatic rings. The fraction of sp³-hybridized carbons (Fsp3) is 0.333. The zero-order chi connectivity index (χ0) is 23.1. The number of halogens is 4. The van der Waals surface area contributed by atoms with Crippen molar-refractivity contribution in [3.05, 3.63) is 54.3 Å². The Morgan fingerprint density at radius 2 is 1.59 bits per heavy atom. The lowest BCUT2D eigenvalue weighted by Crippen LogP contribution is -2.49. The maximum atomic E-state index is 13.9. The van der Waals surface area contributed by atoms with Gasteiger partial charge in [-0.3, -0.25) is 14.5 Å². The maximum Gasteiger partial charge on any atom is 0.573 e. The monoisotopic (exact) mass is 454 g/mol. The van der Waals surface area contributed by atoms with E-state index in [1.165, 1.54) is 18.2 Å². The lowest BCUT2D eigenvalue weighted by Gasteiger charge is -2.36. The van der Waals surface area contributed by atoms with E-state index < -0.39 is 23.9 Å². The van der Waals surface area contributed by atoms with Crippen LogP contribution < -0.4 is 20.3 Å². The second-order valence-corrected chi connectivity index (χ2v) is 7.06. The van der Waals surface area contributed by atoms with Crippen molar-refractivity contribution in [2.75, 3.05) is 49.5 Å². The highest BCUT2D eigenvalue weighted by Crippen LogP contribution is 2.24. The van der Waals surface area contributed by atoms with E-state index in [4.69, 9.17) is 0 Å². The Morgan fingerprint density at radius 1 is 0.938 bits per heavy atom. The maximum absolute atomic E-state index is 13.9. The van der Waals surface area contributed by atoms with E-state index in [-0.39, 0.29) is 18.0 Å². The van der Waals surface area contributed by atoms with Gasteiger partial charge in [-0.25, -0.2) is 4.39 Å². The van der Waals surface area contributed by atoms with E-state index >= 15 is 0 Å². The van der Waals surface area contributed by atoms with E-state index in [1.54, 1.807) is 18.2 Å². The van der Waals surface area contributed by atoms with Gasteiger partial charge in [0.2, 0.25) is 0 Å². The quantitative estimate of drug-likeness (QED) is 0.519. The molecule has 7 nitrogen and oxygen atoms in total. The molecule has 1 fully saturated rings. The predicted molar refractivity (Wildman–Crippen MR) is 110 cm³/mol. The number of anilines is 2. The number of ether oxygens (including phenoxy) is 1. The van der Waals surface area contributed by atoms with Crippen LogP contribution in [-0.4, -0.2) is 62.3 Å². The summed E-state index contributed by atoms with van der Waals surface area (Å²) in [6, 6.07) is 11.0. The number of carbonyl (C=O) groups is 2. The van der Waals surface area contributed by atoms with Crippen LogP contribution in [0.1, 0.15) is 0 Å². The van der Waals surface area contributed by atoms with Crippen LogP contribution in [-0.2, 0) is 9.59 Å². The molecule has 3 rings (SSSR count). The summed E-state index contributed by atoms with van der Waals surface area (Å²) < 4.78 is 54.1. The van der Waals surface area contributed by atoms with Crippen LogP contribution >= 0.6 is 0 Å². The molecule has 0 saturated carbocycles. The first-order valence-electron chi connectivity index (χ1n) is 9.88. The zero-order valence-electron chi connectivity index (χ0n) is 17.0. The van der Waals surface area contributed by atoms with Crippen molar-refractivity contribution < 1.29 is 31.9 Å². The standard InChI is InChI=1S/C21H22F4N4O3/c22-17-3-1-2-4-18(17)29-13-11-28(12-14-29)10-9-26-19(30)20(31)27-15-5-7-16(8-6-15)32-21(23,24)25/h1-8H,9-14H2,(H,26,30)(H,27,31). The van der Waals surface area contributed by atoms with Gasteiger partial charge in [0.25, 0.3) is 0 Å². The third kappa shape index (κ3) is 6.84. The van der Waals surface area contributed by atoms with Gasteiger partial charge >= 0.3 is 18.2 Å². The number of nitrogens with one attached hydrogen (secondary N) is 2. The number of nitrogens with zero attached hydrogens (tertiary/aromatic N) is 2. The highest BCUT2D eigenvalue weighted by Gasteiger charge is 2.31. The van der Waals surface area contributed by atoms with Gasteiger partial charge in [0, 0.05) is 45.0 Å². The molecular weight excluding hydrogens is 432 g/mol. The molecule has 1 heterocycles. The van der Waals surface area contributed by atoms with Gasteiger partial charge in [-0.1, -0.05) is 12.1 Å². The van der Waals surface area contributed by atoms with Crippen molar-refractivity contribution in [3.8, 4) is 5.75 Å². The highest BCUT2D eigenvalue weighted by atomic mass is 19.4. The van der Waals surface area contributed by atoms with Gasteiger partial charge < -0.3 is 20.3 Å². The number of alkyl halides is 3. The summed E-state index contributed by atoms with van der Waals surface area (Å²) >= 11 is 0. The number of piperazine rings is 1. The van der Waals surface area contributed by atoms with E-state index in [2.05, 4.69) is 20.3 Å². The molecule has 0 spiro atoms. The molecule has 2 amide bonds. The first-order valence-corrected chi connectivity index (χ1v) is 9.88. The third-order valence-corrected chi connectivity index (χ3v) is 4.83. The molecule has 11 heteroatoms.